The molecule has 0 N–H and O–H groups in total. The lowest BCUT2D eigenvalue weighted by molar-refractivity contribution is -0.117. The molecule has 1 unspecified atom stereocenters. The third-order valence-electron chi connectivity index (χ3n) is 2.68. The van der Waals surface area contributed by atoms with E-state index < -0.39 is 0 Å². The molecule has 1 aliphatic rings. The number of aromatic nitrogens is 1. The Bertz CT molecular complexity index is 531. The number of halogens is 2. The minimum Gasteiger partial charge on any atom is -0.296 e. The first-order chi connectivity index (χ1) is 8.61. The summed E-state index contributed by atoms with van der Waals surface area (Å²) in [4.78, 5) is 20.3. The lowest BCUT2D eigenvalue weighted by atomic mass is 10.1. The van der Waals surface area contributed by atoms with Gasteiger partial charge in [0.05, 0.1) is 5.02 Å². The summed E-state index contributed by atoms with van der Waals surface area (Å²) in [5, 5.41) is 4.00. The van der Waals surface area contributed by atoms with E-state index in [4.69, 9.17) is 17.1 Å². The molecule has 18 heavy (non-hydrogen) atoms. The molecule has 94 valence electrons. The van der Waals surface area contributed by atoms with E-state index in [1.165, 1.54) is 6.20 Å². The number of carbonyl (C=O) groups excluding carboxylic acids is 1. The lowest BCUT2D eigenvalue weighted by Gasteiger charge is -2.15. The van der Waals surface area contributed by atoms with Crippen LogP contribution in [0.4, 0.5) is 5.82 Å². The van der Waals surface area contributed by atoms with Gasteiger partial charge in [-0.15, -0.1) is 0 Å². The molecule has 0 aliphatic carbocycles. The van der Waals surface area contributed by atoms with Crippen molar-refractivity contribution in [3.8, 4) is 0 Å². The van der Waals surface area contributed by atoms with Crippen molar-refractivity contribution in [2.75, 3.05) is 18.0 Å². The molecule has 1 fully saturated rings. The summed E-state index contributed by atoms with van der Waals surface area (Å²) in [6, 6.07) is 1.70. The molecule has 0 bridgehead atoms. The Morgan fingerprint density at radius 1 is 1.72 bits per heavy atom. The normalized spacial score (nSPS) is 18.9. The van der Waals surface area contributed by atoms with Crippen molar-refractivity contribution in [2.45, 2.75) is 6.42 Å². The third-order valence-corrected chi connectivity index (χ3v) is 3.86. The van der Waals surface area contributed by atoms with E-state index >= 15 is 0 Å². The Kier molecular flexibility index (Phi) is 4.06. The Hall–Kier alpha value is -1.30. The van der Waals surface area contributed by atoms with Crippen LogP contribution in [0.1, 0.15) is 6.42 Å². The van der Waals surface area contributed by atoms with Crippen LogP contribution in [-0.4, -0.2) is 24.0 Å². The van der Waals surface area contributed by atoms with E-state index in [0.717, 1.165) is 0 Å². The zero-order valence-electron chi connectivity index (χ0n) is 9.25. The molecule has 1 amide bonds. The lowest BCUT2D eigenvalue weighted by Crippen LogP contribution is -2.25. The number of amides is 1. The maximum atomic E-state index is 11.8. The molecule has 0 aromatic carbocycles. The van der Waals surface area contributed by atoms with Crippen LogP contribution in [0.25, 0.3) is 10.4 Å². The van der Waals surface area contributed by atoms with Crippen LogP contribution in [0.2, 0.25) is 5.02 Å². The van der Waals surface area contributed by atoms with Gasteiger partial charge in [-0.25, -0.2) is 4.98 Å². The van der Waals surface area contributed by atoms with Gasteiger partial charge in [-0.05, 0) is 33.4 Å². The summed E-state index contributed by atoms with van der Waals surface area (Å²) in [6.07, 6.45) is 1.87. The third kappa shape index (κ3) is 2.75. The molecular weight excluding hydrogens is 322 g/mol. The average molecular weight is 331 g/mol. The standard InChI is InChI=1S/C10H9BrClN5O/c11-7-2-9(14-4-8(7)12)17-5-6(1-10(17)18)3-15-16-13/h2,4,6H,1,3,5H2. The van der Waals surface area contributed by atoms with Crippen LogP contribution in [0, 0.1) is 5.92 Å². The van der Waals surface area contributed by atoms with Gasteiger partial charge in [-0.3, -0.25) is 9.69 Å². The predicted molar refractivity (Wildman–Crippen MR) is 71.4 cm³/mol. The second kappa shape index (κ2) is 5.56. The number of rotatable bonds is 3. The molecule has 1 aromatic rings. The maximum absolute atomic E-state index is 11.8. The Morgan fingerprint density at radius 3 is 3.17 bits per heavy atom. The number of hydrogen-bond acceptors (Lipinski definition) is 3. The average Bonchev–Trinajstić information content (AvgIpc) is 2.71. The zero-order valence-corrected chi connectivity index (χ0v) is 11.6. The first-order valence-electron chi connectivity index (χ1n) is 5.24. The highest BCUT2D eigenvalue weighted by molar-refractivity contribution is 9.10. The maximum Gasteiger partial charge on any atom is 0.228 e. The SMILES string of the molecule is [N-]=[N+]=NCC1CC(=O)N(c2cc(Br)c(Cl)cn2)C1. The number of azide groups is 1. The number of pyridine rings is 1. The van der Waals surface area contributed by atoms with Crippen molar-refractivity contribution < 1.29 is 4.79 Å². The molecule has 1 saturated heterocycles. The smallest absolute Gasteiger partial charge is 0.228 e. The van der Waals surface area contributed by atoms with Crippen LogP contribution in [0.15, 0.2) is 21.9 Å². The molecule has 8 heteroatoms. The van der Waals surface area contributed by atoms with Crippen LogP contribution in [0.5, 0.6) is 0 Å². The molecule has 2 rings (SSSR count). The van der Waals surface area contributed by atoms with Crippen LogP contribution in [-0.2, 0) is 4.79 Å². The summed E-state index contributed by atoms with van der Waals surface area (Å²) in [7, 11) is 0. The summed E-state index contributed by atoms with van der Waals surface area (Å²) in [5.74, 6) is 0.583. The van der Waals surface area contributed by atoms with Gasteiger partial charge in [0, 0.05) is 35.1 Å². The molecule has 1 aliphatic heterocycles. The minimum absolute atomic E-state index is 0.0186. The van der Waals surface area contributed by atoms with E-state index in [-0.39, 0.29) is 11.8 Å². The highest BCUT2D eigenvalue weighted by Crippen LogP contribution is 2.29. The monoisotopic (exact) mass is 329 g/mol. The molecule has 2 heterocycles. The topological polar surface area (TPSA) is 82.0 Å². The van der Waals surface area contributed by atoms with Crippen LogP contribution in [0.3, 0.4) is 0 Å². The summed E-state index contributed by atoms with van der Waals surface area (Å²) in [5.41, 5.74) is 8.27. The molecule has 0 spiro atoms. The fourth-order valence-corrected chi connectivity index (χ4v) is 2.24. The Labute approximate surface area is 117 Å². The Morgan fingerprint density at radius 2 is 2.50 bits per heavy atom. The van der Waals surface area contributed by atoms with Gasteiger partial charge >= 0.3 is 0 Å². The van der Waals surface area contributed by atoms with Gasteiger partial charge in [0.1, 0.15) is 5.82 Å². The van der Waals surface area contributed by atoms with Crippen molar-refractivity contribution in [3.63, 3.8) is 0 Å². The van der Waals surface area contributed by atoms with Crippen molar-refractivity contribution >= 4 is 39.3 Å². The van der Waals surface area contributed by atoms with Gasteiger partial charge in [-0.2, -0.15) is 0 Å². The van der Waals surface area contributed by atoms with Gasteiger partial charge < -0.3 is 0 Å². The first kappa shape index (κ1) is 13.1. The molecule has 0 radical (unpaired) electrons. The number of nitrogens with zero attached hydrogens (tertiary/aromatic N) is 5. The summed E-state index contributed by atoms with van der Waals surface area (Å²) < 4.78 is 0.695. The van der Waals surface area contributed by atoms with E-state index in [0.29, 0.717) is 34.8 Å². The number of hydrogen-bond donors (Lipinski definition) is 0. The zero-order chi connectivity index (χ0) is 13.1. The molecule has 0 saturated carbocycles. The van der Waals surface area contributed by atoms with Crippen LogP contribution >= 0.6 is 27.5 Å². The van der Waals surface area contributed by atoms with Crippen LogP contribution < -0.4 is 4.90 Å². The molecule has 1 atom stereocenters. The first-order valence-corrected chi connectivity index (χ1v) is 6.41. The second-order valence-electron chi connectivity index (χ2n) is 3.94. The van der Waals surface area contributed by atoms with Crippen molar-refractivity contribution in [1.29, 1.82) is 0 Å². The van der Waals surface area contributed by atoms with Crippen molar-refractivity contribution in [3.05, 3.63) is 32.2 Å². The van der Waals surface area contributed by atoms with Gasteiger partial charge in [-0.1, -0.05) is 16.7 Å². The largest absolute Gasteiger partial charge is 0.296 e. The number of anilines is 1. The molecular formula is C10H9BrClN5O. The van der Waals surface area contributed by atoms with E-state index in [2.05, 4.69) is 30.9 Å². The summed E-state index contributed by atoms with van der Waals surface area (Å²) >= 11 is 9.15. The van der Waals surface area contributed by atoms with E-state index in [1.807, 2.05) is 0 Å². The predicted octanol–water partition coefficient (Wildman–Crippen LogP) is 3.16. The van der Waals surface area contributed by atoms with Crippen molar-refractivity contribution in [2.24, 2.45) is 11.0 Å². The quantitative estimate of drug-likeness (QED) is 0.484. The van der Waals surface area contributed by atoms with Gasteiger partial charge in [0.15, 0.2) is 0 Å². The van der Waals surface area contributed by atoms with E-state index in [1.54, 1.807) is 11.0 Å². The highest BCUT2D eigenvalue weighted by atomic mass is 79.9. The fraction of sp³-hybridized carbons (Fsp3) is 0.400. The molecule has 6 nitrogen and oxygen atoms in total. The fourth-order valence-electron chi connectivity index (χ4n) is 1.83. The Balaban J connectivity index is 2.16. The minimum atomic E-state index is -0.0186. The van der Waals surface area contributed by atoms with Gasteiger partial charge in [0.25, 0.3) is 0 Å². The summed E-state index contributed by atoms with van der Waals surface area (Å²) in [6.45, 7) is 0.840. The highest BCUT2D eigenvalue weighted by Gasteiger charge is 2.30. The second-order valence-corrected chi connectivity index (χ2v) is 5.21. The number of carbonyl (C=O) groups is 1. The van der Waals surface area contributed by atoms with Gasteiger partial charge in [0.2, 0.25) is 5.91 Å². The van der Waals surface area contributed by atoms with Crippen molar-refractivity contribution in [1.82, 2.24) is 4.98 Å². The van der Waals surface area contributed by atoms with E-state index in [9.17, 15) is 4.79 Å². The molecule has 1 aromatic heterocycles.